The van der Waals surface area contributed by atoms with E-state index in [4.69, 9.17) is 4.74 Å². The highest BCUT2D eigenvalue weighted by Crippen LogP contribution is 2.22. The van der Waals surface area contributed by atoms with Gasteiger partial charge in [-0.15, -0.1) is 0 Å². The lowest BCUT2D eigenvalue weighted by molar-refractivity contribution is 0.0933. The summed E-state index contributed by atoms with van der Waals surface area (Å²) in [5, 5.41) is 8.25. The zero-order valence-corrected chi connectivity index (χ0v) is 11.4. The second-order valence-corrected chi connectivity index (χ2v) is 5.62. The van der Waals surface area contributed by atoms with Gasteiger partial charge in [0.05, 0.1) is 18.3 Å². The van der Waals surface area contributed by atoms with Gasteiger partial charge >= 0.3 is 0 Å². The van der Waals surface area contributed by atoms with Gasteiger partial charge in [0.15, 0.2) is 0 Å². The summed E-state index contributed by atoms with van der Waals surface area (Å²) in [6.45, 7) is 7.09. The van der Waals surface area contributed by atoms with Gasteiger partial charge in [-0.3, -0.25) is 4.68 Å². The molecule has 0 radical (unpaired) electrons. The van der Waals surface area contributed by atoms with Gasteiger partial charge in [0.25, 0.3) is 0 Å². The monoisotopic (exact) mass is 249 g/mol. The summed E-state index contributed by atoms with van der Waals surface area (Å²) in [4.78, 5) is 0. The Hall–Kier alpha value is -0.870. The third-order valence-electron chi connectivity index (χ3n) is 4.08. The van der Waals surface area contributed by atoms with Gasteiger partial charge in [-0.25, -0.2) is 0 Å². The fraction of sp³-hybridized carbons (Fsp3) is 0.786. The van der Waals surface area contributed by atoms with E-state index in [0.717, 1.165) is 25.7 Å². The summed E-state index contributed by atoms with van der Waals surface area (Å²) >= 11 is 0. The lowest BCUT2D eigenvalue weighted by Gasteiger charge is -2.11. The molecule has 0 aromatic carbocycles. The van der Waals surface area contributed by atoms with Crippen molar-refractivity contribution in [2.24, 2.45) is 0 Å². The molecule has 0 amide bonds. The number of aryl methyl sites for hydroxylation is 1. The van der Waals surface area contributed by atoms with Crippen LogP contribution in [0, 0.1) is 13.8 Å². The van der Waals surface area contributed by atoms with Crippen LogP contribution in [0.5, 0.6) is 0 Å². The fourth-order valence-corrected chi connectivity index (χ4v) is 2.68. The number of aromatic nitrogens is 2. The summed E-state index contributed by atoms with van der Waals surface area (Å²) in [6, 6.07) is 0.755. The number of nitrogens with zero attached hydrogens (tertiary/aromatic N) is 2. The van der Waals surface area contributed by atoms with Crippen LogP contribution in [-0.4, -0.2) is 28.5 Å². The Labute approximate surface area is 109 Å². The minimum atomic E-state index is 0.368. The number of ether oxygens (including phenoxy) is 1. The van der Waals surface area contributed by atoms with Crippen LogP contribution < -0.4 is 5.32 Å². The molecule has 1 unspecified atom stereocenters. The number of hydrogen-bond acceptors (Lipinski definition) is 3. The van der Waals surface area contributed by atoms with Crippen LogP contribution >= 0.6 is 0 Å². The van der Waals surface area contributed by atoms with Gasteiger partial charge in [0.2, 0.25) is 0 Å². The molecule has 1 aliphatic carbocycles. The summed E-state index contributed by atoms with van der Waals surface area (Å²) in [6.07, 6.45) is 5.41. The van der Waals surface area contributed by atoms with Crippen molar-refractivity contribution in [3.8, 4) is 0 Å². The predicted molar refractivity (Wildman–Crippen MR) is 70.5 cm³/mol. The molecular formula is C14H23N3O. The van der Waals surface area contributed by atoms with Crippen LogP contribution in [0.4, 0.5) is 0 Å². The molecule has 1 saturated carbocycles. The van der Waals surface area contributed by atoms with E-state index in [0.29, 0.717) is 6.10 Å². The van der Waals surface area contributed by atoms with Crippen molar-refractivity contribution in [3.05, 3.63) is 17.0 Å². The van der Waals surface area contributed by atoms with Crippen molar-refractivity contribution < 1.29 is 4.74 Å². The Balaban J connectivity index is 1.67. The number of nitrogens with one attached hydrogen (secondary N) is 1. The van der Waals surface area contributed by atoms with E-state index >= 15 is 0 Å². The summed E-state index contributed by atoms with van der Waals surface area (Å²) < 4.78 is 7.83. The molecule has 100 valence electrons. The Morgan fingerprint density at radius 2 is 2.17 bits per heavy atom. The zero-order chi connectivity index (χ0) is 12.5. The second-order valence-electron chi connectivity index (χ2n) is 5.62. The quantitative estimate of drug-likeness (QED) is 0.866. The number of hydrogen-bond donors (Lipinski definition) is 1. The highest BCUT2D eigenvalue weighted by molar-refractivity contribution is 5.24. The van der Waals surface area contributed by atoms with Gasteiger partial charge < -0.3 is 10.1 Å². The molecule has 1 aromatic heterocycles. The SMILES string of the molecule is Cc1nn(CC2CCCO2)c(C)c1CNC1CC1. The summed E-state index contributed by atoms with van der Waals surface area (Å²) in [7, 11) is 0. The lowest BCUT2D eigenvalue weighted by atomic mass is 10.2. The molecule has 1 aromatic rings. The molecule has 4 heteroatoms. The van der Waals surface area contributed by atoms with E-state index in [9.17, 15) is 0 Å². The molecule has 2 fully saturated rings. The van der Waals surface area contributed by atoms with Crippen LogP contribution in [-0.2, 0) is 17.8 Å². The van der Waals surface area contributed by atoms with Crippen molar-refractivity contribution in [1.29, 1.82) is 0 Å². The Kier molecular flexibility index (Phi) is 3.39. The van der Waals surface area contributed by atoms with Crippen LogP contribution in [0.1, 0.15) is 42.6 Å². The lowest BCUT2D eigenvalue weighted by Crippen LogP contribution is -2.18. The first kappa shape index (κ1) is 12.2. The topological polar surface area (TPSA) is 39.1 Å². The van der Waals surface area contributed by atoms with Crippen molar-refractivity contribution in [2.45, 2.75) is 64.8 Å². The molecule has 0 spiro atoms. The molecule has 2 aliphatic rings. The predicted octanol–water partition coefficient (Wildman–Crippen LogP) is 1.93. The van der Waals surface area contributed by atoms with E-state index < -0.39 is 0 Å². The zero-order valence-electron chi connectivity index (χ0n) is 11.4. The van der Waals surface area contributed by atoms with Crippen LogP contribution in [0.2, 0.25) is 0 Å². The third kappa shape index (κ3) is 2.59. The van der Waals surface area contributed by atoms with Gasteiger partial charge in [-0.1, -0.05) is 0 Å². The maximum atomic E-state index is 5.69. The van der Waals surface area contributed by atoms with Crippen molar-refractivity contribution in [1.82, 2.24) is 15.1 Å². The Bertz CT molecular complexity index is 417. The molecule has 4 nitrogen and oxygen atoms in total. The van der Waals surface area contributed by atoms with Crippen LogP contribution in [0.15, 0.2) is 0 Å². The highest BCUT2D eigenvalue weighted by Gasteiger charge is 2.23. The molecular weight excluding hydrogens is 226 g/mol. The Morgan fingerprint density at radius 1 is 1.33 bits per heavy atom. The number of rotatable bonds is 5. The van der Waals surface area contributed by atoms with Gasteiger partial charge in [-0.05, 0) is 39.5 Å². The van der Waals surface area contributed by atoms with E-state index in [1.54, 1.807) is 0 Å². The standard InChI is InChI=1S/C14H23N3O/c1-10-14(8-15-12-5-6-12)11(2)17(16-10)9-13-4-3-7-18-13/h12-13,15H,3-9H2,1-2H3. The first-order valence-corrected chi connectivity index (χ1v) is 7.12. The van der Waals surface area contributed by atoms with Gasteiger partial charge in [0, 0.05) is 30.5 Å². The van der Waals surface area contributed by atoms with Crippen LogP contribution in [0.3, 0.4) is 0 Å². The van der Waals surface area contributed by atoms with E-state index in [2.05, 4.69) is 28.9 Å². The summed E-state index contributed by atoms with van der Waals surface area (Å²) in [5.74, 6) is 0. The second kappa shape index (κ2) is 5.02. The third-order valence-corrected chi connectivity index (χ3v) is 4.08. The van der Waals surface area contributed by atoms with Crippen molar-refractivity contribution in [3.63, 3.8) is 0 Å². The van der Waals surface area contributed by atoms with E-state index in [-0.39, 0.29) is 0 Å². The summed E-state index contributed by atoms with van der Waals surface area (Å²) in [5.41, 5.74) is 3.84. The minimum absolute atomic E-state index is 0.368. The molecule has 2 heterocycles. The Morgan fingerprint density at radius 3 is 2.83 bits per heavy atom. The van der Waals surface area contributed by atoms with Crippen molar-refractivity contribution in [2.75, 3.05) is 6.61 Å². The largest absolute Gasteiger partial charge is 0.376 e. The average molecular weight is 249 g/mol. The molecule has 3 rings (SSSR count). The minimum Gasteiger partial charge on any atom is -0.376 e. The molecule has 1 N–H and O–H groups in total. The maximum absolute atomic E-state index is 5.69. The molecule has 0 bridgehead atoms. The smallest absolute Gasteiger partial charge is 0.0771 e. The molecule has 1 saturated heterocycles. The highest BCUT2D eigenvalue weighted by atomic mass is 16.5. The molecule has 1 atom stereocenters. The van der Waals surface area contributed by atoms with E-state index in [1.807, 2.05) is 0 Å². The molecule has 18 heavy (non-hydrogen) atoms. The average Bonchev–Trinajstić information content (AvgIpc) is 2.96. The fourth-order valence-electron chi connectivity index (χ4n) is 2.68. The van der Waals surface area contributed by atoms with Gasteiger partial charge in [0.1, 0.15) is 0 Å². The maximum Gasteiger partial charge on any atom is 0.0771 e. The van der Waals surface area contributed by atoms with E-state index in [1.165, 1.54) is 42.6 Å². The first-order chi connectivity index (χ1) is 8.74. The molecule has 1 aliphatic heterocycles. The normalized spacial score (nSPS) is 23.8. The van der Waals surface area contributed by atoms with Crippen LogP contribution in [0.25, 0.3) is 0 Å². The van der Waals surface area contributed by atoms with Crippen molar-refractivity contribution >= 4 is 0 Å². The first-order valence-electron chi connectivity index (χ1n) is 7.12. The van der Waals surface area contributed by atoms with Gasteiger partial charge in [-0.2, -0.15) is 5.10 Å².